The molecule has 4 aromatic carbocycles. The summed E-state index contributed by atoms with van der Waals surface area (Å²) >= 11 is 0. The Morgan fingerprint density at radius 1 is 0.833 bits per heavy atom. The van der Waals surface area contributed by atoms with Gasteiger partial charge in [0.05, 0.1) is 13.3 Å². The van der Waals surface area contributed by atoms with Crippen molar-refractivity contribution < 1.29 is 14.3 Å². The lowest BCUT2D eigenvalue weighted by atomic mass is 9.97. The van der Waals surface area contributed by atoms with Crippen LogP contribution >= 0.6 is 0 Å². The molecule has 4 aromatic rings. The number of carbonyl (C=O) groups is 2. The van der Waals surface area contributed by atoms with E-state index in [4.69, 9.17) is 4.74 Å². The number of benzene rings is 4. The van der Waals surface area contributed by atoms with Gasteiger partial charge in [-0.05, 0) is 39.7 Å². The van der Waals surface area contributed by atoms with Crippen molar-refractivity contribution in [1.82, 2.24) is 5.43 Å². The lowest BCUT2D eigenvalue weighted by Crippen LogP contribution is -2.32. The largest absolute Gasteiger partial charge is 0.497 e. The number of hydrazone groups is 1. The maximum atomic E-state index is 12.2. The van der Waals surface area contributed by atoms with E-state index in [2.05, 4.69) is 21.9 Å². The van der Waals surface area contributed by atoms with Crippen LogP contribution < -0.4 is 15.5 Å². The number of amides is 2. The molecular weight excluding hydrogens is 378 g/mol. The molecule has 0 bridgehead atoms. The summed E-state index contributed by atoms with van der Waals surface area (Å²) in [7, 11) is 1.53. The van der Waals surface area contributed by atoms with Gasteiger partial charge >= 0.3 is 11.8 Å². The zero-order chi connectivity index (χ0) is 20.9. The molecule has 0 aliphatic heterocycles. The predicted octanol–water partition coefficient (Wildman–Crippen LogP) is 4.09. The molecule has 30 heavy (non-hydrogen) atoms. The molecule has 0 radical (unpaired) electrons. The molecule has 6 heteroatoms. The van der Waals surface area contributed by atoms with Gasteiger partial charge in [0.1, 0.15) is 5.75 Å². The summed E-state index contributed by atoms with van der Waals surface area (Å²) in [6.45, 7) is 0. The fraction of sp³-hybridized carbons (Fsp3) is 0.0417. The standard InChI is InChI=1S/C24H19N3O3/c1-30-19-10-6-9-18(14-19)26-23(28)24(29)27-25-15-22-20-11-4-2-7-16(20)13-17-8-3-5-12-21(17)22/h2-15H,1H3,(H,26,28)(H,27,29)/b25-15-. The third kappa shape index (κ3) is 3.98. The Bertz CT molecular complexity index is 1230. The highest BCUT2D eigenvalue weighted by Crippen LogP contribution is 2.27. The molecular formula is C24H19N3O3. The van der Waals surface area contributed by atoms with Crippen molar-refractivity contribution in [2.45, 2.75) is 0 Å². The molecule has 0 saturated heterocycles. The number of methoxy groups -OCH3 is 1. The fourth-order valence-corrected chi connectivity index (χ4v) is 3.28. The maximum Gasteiger partial charge on any atom is 0.329 e. The minimum absolute atomic E-state index is 0.457. The van der Waals surface area contributed by atoms with E-state index in [1.807, 2.05) is 48.5 Å². The van der Waals surface area contributed by atoms with Gasteiger partial charge in [0.2, 0.25) is 0 Å². The van der Waals surface area contributed by atoms with Crippen LogP contribution in [0.3, 0.4) is 0 Å². The zero-order valence-electron chi connectivity index (χ0n) is 16.3. The van der Waals surface area contributed by atoms with Gasteiger partial charge in [0, 0.05) is 17.3 Å². The quantitative estimate of drug-likeness (QED) is 0.236. The van der Waals surface area contributed by atoms with Gasteiger partial charge in [-0.15, -0.1) is 0 Å². The first-order chi connectivity index (χ1) is 14.7. The van der Waals surface area contributed by atoms with Crippen molar-refractivity contribution in [2.24, 2.45) is 5.10 Å². The van der Waals surface area contributed by atoms with Gasteiger partial charge < -0.3 is 10.1 Å². The van der Waals surface area contributed by atoms with E-state index in [1.54, 1.807) is 30.5 Å². The average Bonchev–Trinajstić information content (AvgIpc) is 2.78. The summed E-state index contributed by atoms with van der Waals surface area (Å²) in [6, 6.07) is 24.8. The summed E-state index contributed by atoms with van der Waals surface area (Å²) in [5.41, 5.74) is 3.63. The van der Waals surface area contributed by atoms with Gasteiger partial charge in [-0.3, -0.25) is 9.59 Å². The van der Waals surface area contributed by atoms with Gasteiger partial charge in [-0.1, -0.05) is 54.6 Å². The molecule has 4 rings (SSSR count). The van der Waals surface area contributed by atoms with E-state index in [-0.39, 0.29) is 0 Å². The van der Waals surface area contributed by atoms with Crippen LogP contribution in [0, 0.1) is 0 Å². The first kappa shape index (κ1) is 19.1. The van der Waals surface area contributed by atoms with Crippen molar-refractivity contribution >= 4 is 45.3 Å². The van der Waals surface area contributed by atoms with Crippen LogP contribution in [0.4, 0.5) is 5.69 Å². The zero-order valence-corrected chi connectivity index (χ0v) is 16.3. The molecule has 0 saturated carbocycles. The molecule has 0 aliphatic rings. The van der Waals surface area contributed by atoms with Crippen molar-refractivity contribution in [3.63, 3.8) is 0 Å². The second-order valence-electron chi connectivity index (χ2n) is 6.62. The lowest BCUT2D eigenvalue weighted by Gasteiger charge is -2.08. The van der Waals surface area contributed by atoms with Crippen molar-refractivity contribution in [3.05, 3.63) is 84.4 Å². The second kappa shape index (κ2) is 8.45. The van der Waals surface area contributed by atoms with Crippen LogP contribution in [-0.2, 0) is 9.59 Å². The van der Waals surface area contributed by atoms with Gasteiger partial charge in [0.25, 0.3) is 0 Å². The molecule has 2 N–H and O–H groups in total. The van der Waals surface area contributed by atoms with Crippen LogP contribution in [0.1, 0.15) is 5.56 Å². The molecule has 148 valence electrons. The number of fused-ring (bicyclic) bond motifs is 2. The number of nitrogens with zero attached hydrogens (tertiary/aromatic N) is 1. The predicted molar refractivity (Wildman–Crippen MR) is 119 cm³/mol. The van der Waals surface area contributed by atoms with Crippen LogP contribution in [0.25, 0.3) is 21.5 Å². The molecule has 6 nitrogen and oxygen atoms in total. The van der Waals surface area contributed by atoms with E-state index in [0.29, 0.717) is 11.4 Å². The Morgan fingerprint density at radius 3 is 2.17 bits per heavy atom. The number of rotatable bonds is 4. The SMILES string of the molecule is COc1cccc(NC(=O)C(=O)N/N=C\c2c3ccccc3cc3ccccc23)c1. The number of nitrogens with one attached hydrogen (secondary N) is 2. The highest BCUT2D eigenvalue weighted by Gasteiger charge is 2.13. The van der Waals surface area contributed by atoms with Crippen molar-refractivity contribution in [2.75, 3.05) is 12.4 Å². The van der Waals surface area contributed by atoms with E-state index >= 15 is 0 Å². The third-order valence-electron chi connectivity index (χ3n) is 4.71. The number of anilines is 1. The lowest BCUT2D eigenvalue weighted by molar-refractivity contribution is -0.136. The molecule has 0 heterocycles. The van der Waals surface area contributed by atoms with E-state index in [9.17, 15) is 9.59 Å². The highest BCUT2D eigenvalue weighted by molar-refractivity contribution is 6.39. The smallest absolute Gasteiger partial charge is 0.329 e. The summed E-state index contributed by atoms with van der Waals surface area (Å²) in [4.78, 5) is 24.3. The van der Waals surface area contributed by atoms with Crippen molar-refractivity contribution in [3.8, 4) is 5.75 Å². The second-order valence-corrected chi connectivity index (χ2v) is 6.62. The summed E-state index contributed by atoms with van der Waals surface area (Å²) in [5, 5.41) is 10.7. The number of hydrogen-bond acceptors (Lipinski definition) is 4. The maximum absolute atomic E-state index is 12.2. The Hall–Kier alpha value is -4.19. The Labute approximate surface area is 173 Å². The first-order valence-corrected chi connectivity index (χ1v) is 9.34. The Balaban J connectivity index is 1.54. The molecule has 0 aromatic heterocycles. The summed E-state index contributed by atoms with van der Waals surface area (Å²) in [6.07, 6.45) is 1.57. The van der Waals surface area contributed by atoms with Crippen molar-refractivity contribution in [1.29, 1.82) is 0 Å². The fourth-order valence-electron chi connectivity index (χ4n) is 3.28. The molecule has 0 spiro atoms. The third-order valence-corrected chi connectivity index (χ3v) is 4.71. The van der Waals surface area contributed by atoms with Crippen LogP contribution in [0.5, 0.6) is 5.75 Å². The molecule has 2 amide bonds. The normalized spacial score (nSPS) is 11.0. The summed E-state index contributed by atoms with van der Waals surface area (Å²) in [5.74, 6) is -1.10. The molecule has 0 atom stereocenters. The average molecular weight is 397 g/mol. The van der Waals surface area contributed by atoms with Gasteiger partial charge in [-0.25, -0.2) is 5.43 Å². The number of carbonyl (C=O) groups excluding carboxylic acids is 2. The molecule has 0 unspecified atom stereocenters. The minimum atomic E-state index is -0.862. The molecule has 0 fully saturated rings. The van der Waals surface area contributed by atoms with Gasteiger partial charge in [-0.2, -0.15) is 5.10 Å². The summed E-state index contributed by atoms with van der Waals surface area (Å²) < 4.78 is 5.11. The van der Waals surface area contributed by atoms with Crippen LogP contribution in [0.15, 0.2) is 84.0 Å². The van der Waals surface area contributed by atoms with Crippen LogP contribution in [0.2, 0.25) is 0 Å². The van der Waals surface area contributed by atoms with Crippen LogP contribution in [-0.4, -0.2) is 25.1 Å². The van der Waals surface area contributed by atoms with Gasteiger partial charge in [0.15, 0.2) is 0 Å². The van der Waals surface area contributed by atoms with E-state index in [1.165, 1.54) is 7.11 Å². The number of hydrogen-bond donors (Lipinski definition) is 2. The topological polar surface area (TPSA) is 79.8 Å². The Morgan fingerprint density at radius 2 is 1.50 bits per heavy atom. The van der Waals surface area contributed by atoms with E-state index in [0.717, 1.165) is 27.1 Å². The minimum Gasteiger partial charge on any atom is -0.497 e. The molecule has 0 aliphatic carbocycles. The first-order valence-electron chi connectivity index (χ1n) is 9.34. The Kier molecular flexibility index (Phi) is 5.39. The van der Waals surface area contributed by atoms with E-state index < -0.39 is 11.8 Å². The highest BCUT2D eigenvalue weighted by atomic mass is 16.5. The monoisotopic (exact) mass is 397 g/mol. The number of ether oxygens (including phenoxy) is 1.